The molecule has 146 valence electrons. The van der Waals surface area contributed by atoms with Gasteiger partial charge < -0.3 is 18.5 Å². The molecule has 0 atom stereocenters. The zero-order valence-electron chi connectivity index (χ0n) is 15.0. The number of furan rings is 1. The molecule has 0 aromatic carbocycles. The summed E-state index contributed by atoms with van der Waals surface area (Å²) >= 11 is 0. The van der Waals surface area contributed by atoms with Crippen molar-refractivity contribution in [2.75, 3.05) is 20.3 Å². The van der Waals surface area contributed by atoms with Crippen molar-refractivity contribution in [3.05, 3.63) is 51.9 Å². The molecule has 0 fully saturated rings. The van der Waals surface area contributed by atoms with Crippen LogP contribution in [0, 0.1) is 10.1 Å². The average Bonchev–Trinajstić information content (AvgIpc) is 3.44. The Balaban J connectivity index is 1.64. The Bertz CT molecular complexity index is 1010. The van der Waals surface area contributed by atoms with E-state index in [4.69, 9.17) is 13.6 Å². The first-order valence-corrected chi connectivity index (χ1v) is 8.58. The van der Waals surface area contributed by atoms with E-state index in [-0.39, 0.29) is 12.3 Å². The Labute approximate surface area is 158 Å². The standard InChI is InChI=1S/C17H17N5O6/c1-26-7-6-21-12-4-5-20(17(23)13-2-3-15(28-13)22(24)25)9-11(12)16(19-21)14-8-18-10-27-14/h2-3,8,10H,4-7,9H2,1H3. The number of hydrogen-bond acceptors (Lipinski definition) is 8. The Hall–Kier alpha value is -3.47. The monoisotopic (exact) mass is 387 g/mol. The molecule has 11 heteroatoms. The van der Waals surface area contributed by atoms with Crippen molar-refractivity contribution < 1.29 is 23.3 Å². The molecule has 3 aromatic rings. The highest BCUT2D eigenvalue weighted by Gasteiger charge is 2.31. The number of ether oxygens (including phenoxy) is 1. The highest BCUT2D eigenvalue weighted by Crippen LogP contribution is 2.31. The lowest BCUT2D eigenvalue weighted by molar-refractivity contribution is -0.402. The molecule has 0 aliphatic carbocycles. The van der Waals surface area contributed by atoms with E-state index in [0.717, 1.165) is 11.3 Å². The summed E-state index contributed by atoms with van der Waals surface area (Å²) in [6.45, 7) is 1.80. The van der Waals surface area contributed by atoms with Crippen molar-refractivity contribution in [2.45, 2.75) is 19.5 Å². The first-order chi connectivity index (χ1) is 13.6. The van der Waals surface area contributed by atoms with E-state index in [0.29, 0.717) is 37.6 Å². The van der Waals surface area contributed by atoms with Crippen molar-refractivity contribution >= 4 is 11.8 Å². The topological polar surface area (TPSA) is 130 Å². The summed E-state index contributed by atoms with van der Waals surface area (Å²) in [4.78, 5) is 28.4. The van der Waals surface area contributed by atoms with Crippen LogP contribution < -0.4 is 0 Å². The molecule has 1 amide bonds. The molecule has 0 bridgehead atoms. The molecule has 0 radical (unpaired) electrons. The van der Waals surface area contributed by atoms with Crippen molar-refractivity contribution in [1.29, 1.82) is 0 Å². The Morgan fingerprint density at radius 3 is 2.96 bits per heavy atom. The Morgan fingerprint density at radius 1 is 1.43 bits per heavy atom. The summed E-state index contributed by atoms with van der Waals surface area (Å²) < 4.78 is 17.5. The molecule has 1 aliphatic heterocycles. The predicted octanol–water partition coefficient (Wildman–Crippen LogP) is 1.88. The zero-order chi connectivity index (χ0) is 19.7. The molecular formula is C17H17N5O6. The van der Waals surface area contributed by atoms with Gasteiger partial charge in [0.2, 0.25) is 0 Å². The SMILES string of the molecule is COCCn1nc(-c2cnco2)c2c1CCN(C(=O)c1ccc([N+](=O)[O-])o1)C2. The molecule has 1 aliphatic rings. The van der Waals surface area contributed by atoms with E-state index in [2.05, 4.69) is 10.1 Å². The van der Waals surface area contributed by atoms with Gasteiger partial charge in [0.1, 0.15) is 10.6 Å². The minimum absolute atomic E-state index is 0.0665. The van der Waals surface area contributed by atoms with E-state index < -0.39 is 16.7 Å². The third-order valence-corrected chi connectivity index (χ3v) is 4.58. The maximum absolute atomic E-state index is 12.7. The molecular weight excluding hydrogens is 370 g/mol. The van der Waals surface area contributed by atoms with Crippen molar-refractivity contribution in [3.8, 4) is 11.5 Å². The quantitative estimate of drug-likeness (QED) is 0.463. The van der Waals surface area contributed by atoms with Gasteiger partial charge in [-0.2, -0.15) is 5.10 Å². The van der Waals surface area contributed by atoms with Crippen molar-refractivity contribution in [2.24, 2.45) is 0 Å². The third-order valence-electron chi connectivity index (χ3n) is 4.58. The maximum atomic E-state index is 12.7. The van der Waals surface area contributed by atoms with Crippen LogP contribution in [0.2, 0.25) is 0 Å². The van der Waals surface area contributed by atoms with Crippen LogP contribution in [0.1, 0.15) is 21.8 Å². The summed E-state index contributed by atoms with van der Waals surface area (Å²) in [5.74, 6) is -0.429. The molecule has 11 nitrogen and oxygen atoms in total. The first-order valence-electron chi connectivity index (χ1n) is 8.58. The number of rotatable bonds is 6. The summed E-state index contributed by atoms with van der Waals surface area (Å²) in [6, 6.07) is 2.49. The Kier molecular flexibility index (Phi) is 4.65. The van der Waals surface area contributed by atoms with Crippen molar-refractivity contribution in [1.82, 2.24) is 19.7 Å². The van der Waals surface area contributed by atoms with Crippen LogP contribution >= 0.6 is 0 Å². The van der Waals surface area contributed by atoms with E-state index in [1.54, 1.807) is 18.2 Å². The maximum Gasteiger partial charge on any atom is 0.433 e. The Morgan fingerprint density at radius 2 is 2.29 bits per heavy atom. The van der Waals surface area contributed by atoms with Gasteiger partial charge in [-0.3, -0.25) is 19.6 Å². The lowest BCUT2D eigenvalue weighted by Gasteiger charge is -2.27. The molecule has 4 rings (SSSR count). The number of carbonyl (C=O) groups excluding carboxylic acids is 1. The number of aromatic nitrogens is 3. The van der Waals surface area contributed by atoms with E-state index in [1.165, 1.54) is 18.5 Å². The van der Waals surface area contributed by atoms with Gasteiger partial charge in [0.15, 0.2) is 17.9 Å². The smallest absolute Gasteiger partial charge is 0.433 e. The number of nitro groups is 1. The molecule has 28 heavy (non-hydrogen) atoms. The second-order valence-electron chi connectivity index (χ2n) is 6.23. The summed E-state index contributed by atoms with van der Waals surface area (Å²) in [6.07, 6.45) is 3.47. The van der Waals surface area contributed by atoms with Gasteiger partial charge >= 0.3 is 5.88 Å². The summed E-state index contributed by atoms with van der Waals surface area (Å²) in [7, 11) is 1.62. The minimum Gasteiger partial charge on any atom is -0.442 e. The van der Waals surface area contributed by atoms with Crippen LogP contribution in [0.25, 0.3) is 11.5 Å². The number of methoxy groups -OCH3 is 1. The van der Waals surface area contributed by atoms with Crippen LogP contribution in [-0.2, 0) is 24.2 Å². The fraction of sp³-hybridized carbons (Fsp3) is 0.353. The number of nitrogens with zero attached hydrogens (tertiary/aromatic N) is 5. The van der Waals surface area contributed by atoms with Gasteiger partial charge in [-0.05, 0) is 6.07 Å². The van der Waals surface area contributed by atoms with Gasteiger partial charge in [0.25, 0.3) is 5.91 Å². The second-order valence-corrected chi connectivity index (χ2v) is 6.23. The van der Waals surface area contributed by atoms with Crippen LogP contribution in [0.15, 0.2) is 33.6 Å². The molecule has 0 spiro atoms. The molecule has 0 saturated carbocycles. The van der Waals surface area contributed by atoms with E-state index in [9.17, 15) is 14.9 Å². The highest BCUT2D eigenvalue weighted by atomic mass is 16.6. The van der Waals surface area contributed by atoms with Gasteiger partial charge in [-0.25, -0.2) is 4.98 Å². The fourth-order valence-electron chi connectivity index (χ4n) is 3.25. The molecule has 0 N–H and O–H groups in total. The summed E-state index contributed by atoms with van der Waals surface area (Å²) in [5.41, 5.74) is 2.47. The lowest BCUT2D eigenvalue weighted by Crippen LogP contribution is -2.36. The minimum atomic E-state index is -0.674. The van der Waals surface area contributed by atoms with Crippen LogP contribution in [0.4, 0.5) is 5.88 Å². The molecule has 0 unspecified atom stereocenters. The largest absolute Gasteiger partial charge is 0.442 e. The lowest BCUT2D eigenvalue weighted by atomic mass is 10.0. The van der Waals surface area contributed by atoms with Gasteiger partial charge in [-0.1, -0.05) is 0 Å². The zero-order valence-corrected chi connectivity index (χ0v) is 15.0. The number of hydrogen-bond donors (Lipinski definition) is 0. The summed E-state index contributed by atoms with van der Waals surface area (Å²) in [5, 5.41) is 15.4. The van der Waals surface area contributed by atoms with Crippen LogP contribution in [0.5, 0.6) is 0 Å². The number of fused-ring (bicyclic) bond motifs is 1. The first kappa shape index (κ1) is 17.9. The molecule has 4 heterocycles. The highest BCUT2D eigenvalue weighted by molar-refractivity contribution is 5.92. The molecule has 0 saturated heterocycles. The number of carbonyl (C=O) groups is 1. The number of amides is 1. The van der Waals surface area contributed by atoms with Crippen molar-refractivity contribution in [3.63, 3.8) is 0 Å². The molecule has 3 aromatic heterocycles. The third kappa shape index (κ3) is 3.16. The fourth-order valence-corrected chi connectivity index (χ4v) is 3.25. The van der Waals surface area contributed by atoms with Gasteiger partial charge in [0.05, 0.1) is 32.0 Å². The van der Waals surface area contributed by atoms with E-state index in [1.807, 2.05) is 4.68 Å². The predicted molar refractivity (Wildman–Crippen MR) is 93.4 cm³/mol. The van der Waals surface area contributed by atoms with Crippen LogP contribution in [0.3, 0.4) is 0 Å². The van der Waals surface area contributed by atoms with Gasteiger partial charge in [0, 0.05) is 31.3 Å². The van der Waals surface area contributed by atoms with Gasteiger partial charge in [-0.15, -0.1) is 0 Å². The van der Waals surface area contributed by atoms with E-state index >= 15 is 0 Å². The van der Waals surface area contributed by atoms with Crippen LogP contribution in [-0.4, -0.2) is 50.8 Å². The average molecular weight is 387 g/mol. The second kappa shape index (κ2) is 7.27. The normalized spacial score (nSPS) is 13.5. The number of oxazole rings is 1.